The predicted octanol–water partition coefficient (Wildman–Crippen LogP) is 3.57. The van der Waals surface area contributed by atoms with E-state index in [1.54, 1.807) is 0 Å². The second-order valence-corrected chi connectivity index (χ2v) is 6.54. The Labute approximate surface area is 97.8 Å². The molecule has 2 atom stereocenters. The smallest absolute Gasteiger partial charge is 0.0314 e. The molecule has 1 fully saturated rings. The molecule has 0 bridgehead atoms. The Hall–Kier alpha value is 0.140. The van der Waals surface area contributed by atoms with Gasteiger partial charge in [0.2, 0.25) is 0 Å². The number of nitrogens with two attached hydrogens (primary N) is 1. The van der Waals surface area contributed by atoms with Gasteiger partial charge in [-0.25, -0.2) is 0 Å². The molecule has 0 spiro atoms. The van der Waals surface area contributed by atoms with Crippen LogP contribution in [-0.2, 0) is 6.42 Å². The lowest BCUT2D eigenvalue weighted by Gasteiger charge is -2.23. The fourth-order valence-corrected chi connectivity index (χ4v) is 4.08. The fourth-order valence-electron chi connectivity index (χ4n) is 2.37. The zero-order chi connectivity index (χ0) is 10.2. The van der Waals surface area contributed by atoms with E-state index >= 15 is 0 Å². The van der Waals surface area contributed by atoms with Gasteiger partial charge >= 0.3 is 0 Å². The average Bonchev–Trinajstić information content (AvgIpc) is 2.62. The van der Waals surface area contributed by atoms with Crippen LogP contribution >= 0.6 is 27.3 Å². The van der Waals surface area contributed by atoms with E-state index in [2.05, 4.69) is 34.3 Å². The standard InChI is InChI=1S/C11H16BrNS/c1-11(4-2-8(13)6-11)7-10-9(12)3-5-14-10/h3,5,8H,2,4,6-7,13H2,1H3. The van der Waals surface area contributed by atoms with Gasteiger partial charge in [-0.15, -0.1) is 11.3 Å². The molecule has 3 heteroatoms. The maximum absolute atomic E-state index is 5.97. The summed E-state index contributed by atoms with van der Waals surface area (Å²) in [4.78, 5) is 1.47. The second kappa shape index (κ2) is 3.95. The van der Waals surface area contributed by atoms with Crippen LogP contribution in [0.15, 0.2) is 15.9 Å². The highest BCUT2D eigenvalue weighted by molar-refractivity contribution is 9.10. The van der Waals surface area contributed by atoms with Crippen LogP contribution in [0.25, 0.3) is 0 Å². The van der Waals surface area contributed by atoms with E-state index in [1.807, 2.05) is 11.3 Å². The molecule has 2 N–H and O–H groups in total. The third kappa shape index (κ3) is 2.20. The summed E-state index contributed by atoms with van der Waals surface area (Å²) in [6.07, 6.45) is 4.83. The zero-order valence-electron chi connectivity index (χ0n) is 8.42. The normalized spacial score (nSPS) is 32.4. The summed E-state index contributed by atoms with van der Waals surface area (Å²) in [6, 6.07) is 2.57. The topological polar surface area (TPSA) is 26.0 Å². The Kier molecular flexibility index (Phi) is 3.01. The molecular weight excluding hydrogens is 258 g/mol. The summed E-state index contributed by atoms with van der Waals surface area (Å²) in [7, 11) is 0. The Bertz CT molecular complexity index is 323. The number of hydrogen-bond acceptors (Lipinski definition) is 2. The Morgan fingerprint density at radius 2 is 2.50 bits per heavy atom. The summed E-state index contributed by atoms with van der Waals surface area (Å²) in [6.45, 7) is 2.37. The third-order valence-electron chi connectivity index (χ3n) is 3.15. The molecular formula is C11H16BrNS. The number of thiophene rings is 1. The van der Waals surface area contributed by atoms with Crippen molar-refractivity contribution in [1.29, 1.82) is 0 Å². The molecule has 1 aromatic rings. The quantitative estimate of drug-likeness (QED) is 0.876. The van der Waals surface area contributed by atoms with Crippen molar-refractivity contribution in [2.75, 3.05) is 0 Å². The van der Waals surface area contributed by atoms with Gasteiger partial charge in [-0.3, -0.25) is 0 Å². The fraction of sp³-hybridized carbons (Fsp3) is 0.636. The average molecular weight is 274 g/mol. The van der Waals surface area contributed by atoms with Crippen molar-refractivity contribution in [1.82, 2.24) is 0 Å². The van der Waals surface area contributed by atoms with E-state index in [9.17, 15) is 0 Å². The SMILES string of the molecule is CC1(Cc2sccc2Br)CCC(N)C1. The highest BCUT2D eigenvalue weighted by Crippen LogP contribution is 2.42. The van der Waals surface area contributed by atoms with Crippen LogP contribution in [0.1, 0.15) is 31.1 Å². The van der Waals surface area contributed by atoms with Gasteiger partial charge in [-0.2, -0.15) is 0 Å². The first-order valence-corrected chi connectivity index (χ1v) is 6.74. The molecule has 1 aromatic heterocycles. The number of hydrogen-bond donors (Lipinski definition) is 1. The minimum absolute atomic E-state index is 0.429. The lowest BCUT2D eigenvalue weighted by atomic mass is 9.84. The Morgan fingerprint density at radius 3 is 3.00 bits per heavy atom. The maximum Gasteiger partial charge on any atom is 0.0314 e. The monoisotopic (exact) mass is 273 g/mol. The zero-order valence-corrected chi connectivity index (χ0v) is 10.8. The lowest BCUT2D eigenvalue weighted by molar-refractivity contribution is 0.331. The van der Waals surface area contributed by atoms with Gasteiger partial charge in [0, 0.05) is 15.4 Å². The molecule has 0 radical (unpaired) electrons. The molecule has 0 aliphatic heterocycles. The molecule has 0 saturated heterocycles. The van der Waals surface area contributed by atoms with Crippen molar-refractivity contribution in [3.63, 3.8) is 0 Å². The molecule has 1 aliphatic carbocycles. The van der Waals surface area contributed by atoms with E-state index in [1.165, 1.54) is 35.0 Å². The molecule has 14 heavy (non-hydrogen) atoms. The van der Waals surface area contributed by atoms with Gasteiger partial charge < -0.3 is 5.73 Å². The van der Waals surface area contributed by atoms with E-state index < -0.39 is 0 Å². The van der Waals surface area contributed by atoms with Crippen LogP contribution in [0, 0.1) is 5.41 Å². The minimum Gasteiger partial charge on any atom is -0.328 e. The first-order chi connectivity index (χ1) is 6.59. The summed E-state index contributed by atoms with van der Waals surface area (Å²) >= 11 is 5.44. The molecule has 2 unspecified atom stereocenters. The van der Waals surface area contributed by atoms with Crippen LogP contribution in [-0.4, -0.2) is 6.04 Å². The van der Waals surface area contributed by atoms with Crippen molar-refractivity contribution in [3.05, 3.63) is 20.8 Å². The molecule has 2 rings (SSSR count). The van der Waals surface area contributed by atoms with E-state index in [4.69, 9.17) is 5.73 Å². The van der Waals surface area contributed by atoms with Crippen LogP contribution in [0.5, 0.6) is 0 Å². The molecule has 1 saturated carbocycles. The molecule has 0 amide bonds. The molecule has 1 nitrogen and oxygen atoms in total. The van der Waals surface area contributed by atoms with Crippen molar-refractivity contribution >= 4 is 27.3 Å². The number of halogens is 1. The van der Waals surface area contributed by atoms with E-state index in [0.717, 1.165) is 0 Å². The van der Waals surface area contributed by atoms with E-state index in [0.29, 0.717) is 11.5 Å². The lowest BCUT2D eigenvalue weighted by Crippen LogP contribution is -2.20. The van der Waals surface area contributed by atoms with Crippen molar-refractivity contribution < 1.29 is 0 Å². The van der Waals surface area contributed by atoms with Crippen LogP contribution < -0.4 is 5.73 Å². The molecule has 1 heterocycles. The maximum atomic E-state index is 5.97. The van der Waals surface area contributed by atoms with Crippen molar-refractivity contribution in [2.45, 2.75) is 38.6 Å². The Morgan fingerprint density at radius 1 is 1.71 bits per heavy atom. The van der Waals surface area contributed by atoms with Crippen LogP contribution in [0.2, 0.25) is 0 Å². The predicted molar refractivity (Wildman–Crippen MR) is 65.7 cm³/mol. The molecule has 1 aliphatic rings. The number of rotatable bonds is 2. The second-order valence-electron chi connectivity index (χ2n) is 4.68. The van der Waals surface area contributed by atoms with Gasteiger partial charge in [0.15, 0.2) is 0 Å². The van der Waals surface area contributed by atoms with Gasteiger partial charge in [-0.05, 0) is 58.5 Å². The largest absolute Gasteiger partial charge is 0.328 e. The van der Waals surface area contributed by atoms with Crippen LogP contribution in [0.3, 0.4) is 0 Å². The van der Waals surface area contributed by atoms with Gasteiger partial charge in [-0.1, -0.05) is 6.92 Å². The molecule has 78 valence electrons. The summed E-state index contributed by atoms with van der Waals surface area (Å²) in [5.74, 6) is 0. The first-order valence-electron chi connectivity index (χ1n) is 5.06. The molecule has 0 aromatic carbocycles. The van der Waals surface area contributed by atoms with Crippen molar-refractivity contribution in [2.24, 2.45) is 11.1 Å². The van der Waals surface area contributed by atoms with Crippen LogP contribution in [0.4, 0.5) is 0 Å². The highest BCUT2D eigenvalue weighted by Gasteiger charge is 2.33. The summed E-state index contributed by atoms with van der Waals surface area (Å²) in [5, 5.41) is 2.15. The van der Waals surface area contributed by atoms with Crippen molar-refractivity contribution in [3.8, 4) is 0 Å². The highest BCUT2D eigenvalue weighted by atomic mass is 79.9. The van der Waals surface area contributed by atoms with E-state index in [-0.39, 0.29) is 0 Å². The first kappa shape index (κ1) is 10.7. The van der Waals surface area contributed by atoms with Gasteiger partial charge in [0.25, 0.3) is 0 Å². The summed E-state index contributed by atoms with van der Waals surface area (Å²) in [5.41, 5.74) is 6.41. The minimum atomic E-state index is 0.429. The van der Waals surface area contributed by atoms with Gasteiger partial charge in [0.1, 0.15) is 0 Å². The third-order valence-corrected chi connectivity index (χ3v) is 5.08. The summed E-state index contributed by atoms with van der Waals surface area (Å²) < 4.78 is 1.27. The Balaban J connectivity index is 2.07. The van der Waals surface area contributed by atoms with Gasteiger partial charge in [0.05, 0.1) is 0 Å².